The second-order valence-corrected chi connectivity index (χ2v) is 6.79. The minimum Gasteiger partial charge on any atom is -0.475 e. The third-order valence-electron chi connectivity index (χ3n) is 3.83. The first-order valence-corrected chi connectivity index (χ1v) is 9.16. The van der Waals surface area contributed by atoms with Gasteiger partial charge in [-0.25, -0.2) is 9.59 Å². The molecule has 2 rings (SSSR count). The number of alkyl halides is 6. The lowest BCUT2D eigenvalue weighted by Crippen LogP contribution is -2.21. The first kappa shape index (κ1) is 29.9. The van der Waals surface area contributed by atoms with E-state index < -0.39 is 24.3 Å². The Labute approximate surface area is 184 Å². The summed E-state index contributed by atoms with van der Waals surface area (Å²) in [7, 11) is 2.10. The highest BCUT2D eigenvalue weighted by Crippen LogP contribution is 2.14. The van der Waals surface area contributed by atoms with Crippen molar-refractivity contribution >= 4 is 11.9 Å². The Morgan fingerprint density at radius 1 is 1.06 bits per heavy atom. The van der Waals surface area contributed by atoms with Gasteiger partial charge in [0.15, 0.2) is 5.76 Å². The topological polar surface area (TPSA) is 133 Å². The van der Waals surface area contributed by atoms with Crippen LogP contribution in [0.3, 0.4) is 0 Å². The summed E-state index contributed by atoms with van der Waals surface area (Å²) in [6.07, 6.45) is -7.99. The summed E-state index contributed by atoms with van der Waals surface area (Å²) in [5, 5.41) is 25.4. The monoisotopic (exact) mass is 490 g/mol. The van der Waals surface area contributed by atoms with Gasteiger partial charge in [0.05, 0.1) is 17.9 Å². The fraction of sp³-hybridized carbons (Fsp3) is 0.556. The van der Waals surface area contributed by atoms with Crippen LogP contribution in [0, 0.1) is 20.8 Å². The van der Waals surface area contributed by atoms with Crippen molar-refractivity contribution in [3.63, 3.8) is 0 Å². The van der Waals surface area contributed by atoms with E-state index in [1.165, 1.54) is 11.3 Å². The molecule has 0 atom stereocenters. The molecular weight excluding hydrogens is 466 g/mol. The Kier molecular flexibility index (Phi) is 11.6. The molecule has 0 fully saturated rings. The summed E-state index contributed by atoms with van der Waals surface area (Å²) in [6.45, 7) is 7.92. The van der Waals surface area contributed by atoms with Crippen LogP contribution in [0.2, 0.25) is 0 Å². The number of halogens is 6. The van der Waals surface area contributed by atoms with Gasteiger partial charge in [-0.05, 0) is 52.8 Å². The van der Waals surface area contributed by atoms with Crippen molar-refractivity contribution in [1.82, 2.24) is 20.3 Å². The van der Waals surface area contributed by atoms with E-state index in [0.29, 0.717) is 0 Å². The highest BCUT2D eigenvalue weighted by atomic mass is 19.4. The van der Waals surface area contributed by atoms with Crippen molar-refractivity contribution in [2.75, 3.05) is 13.6 Å². The number of H-pyrrole nitrogens is 1. The maximum Gasteiger partial charge on any atom is 0.490 e. The van der Waals surface area contributed by atoms with Crippen LogP contribution >= 0.6 is 0 Å². The van der Waals surface area contributed by atoms with Gasteiger partial charge in [-0.2, -0.15) is 31.4 Å². The molecule has 0 aromatic carbocycles. The molecule has 0 amide bonds. The molecule has 3 N–H and O–H groups in total. The Hall–Kier alpha value is -3.10. The predicted octanol–water partition coefficient (Wildman–Crippen LogP) is 3.65. The maximum atomic E-state index is 10.6. The molecule has 2 heterocycles. The van der Waals surface area contributed by atoms with Gasteiger partial charge in [-0.1, -0.05) is 5.16 Å². The maximum absolute atomic E-state index is 10.6. The van der Waals surface area contributed by atoms with E-state index in [1.54, 1.807) is 0 Å². The molecular formula is C18H24F6N4O5. The number of aryl methyl sites for hydroxylation is 3. The summed E-state index contributed by atoms with van der Waals surface area (Å²) < 4.78 is 68.7. The molecule has 33 heavy (non-hydrogen) atoms. The van der Waals surface area contributed by atoms with Crippen molar-refractivity contribution in [2.24, 2.45) is 0 Å². The van der Waals surface area contributed by atoms with E-state index in [4.69, 9.17) is 24.3 Å². The third kappa shape index (κ3) is 12.5. The van der Waals surface area contributed by atoms with Crippen molar-refractivity contribution in [3.8, 4) is 0 Å². The molecule has 0 unspecified atom stereocenters. The summed E-state index contributed by atoms with van der Waals surface area (Å²) in [4.78, 5) is 20.0. The molecule has 0 aliphatic rings. The average Bonchev–Trinajstić information content (AvgIpc) is 3.20. The Bertz CT molecular complexity index is 848. The molecule has 0 spiro atoms. The number of carbonyl (C=O) groups is 2. The van der Waals surface area contributed by atoms with E-state index in [0.717, 1.165) is 43.1 Å². The number of aromatic amines is 1. The minimum absolute atomic E-state index is 0.810. The van der Waals surface area contributed by atoms with Crippen molar-refractivity contribution in [3.05, 3.63) is 34.5 Å². The summed E-state index contributed by atoms with van der Waals surface area (Å²) >= 11 is 0. The Morgan fingerprint density at radius 2 is 1.55 bits per heavy atom. The van der Waals surface area contributed by atoms with Crippen LogP contribution in [-0.4, -0.2) is 68.4 Å². The quantitative estimate of drug-likeness (QED) is 0.523. The van der Waals surface area contributed by atoms with E-state index in [2.05, 4.69) is 41.1 Å². The molecule has 188 valence electrons. The number of carboxylic acid groups (broad SMARTS) is 2. The number of aromatic nitrogens is 3. The highest BCUT2D eigenvalue weighted by Gasteiger charge is 2.38. The zero-order valence-electron chi connectivity index (χ0n) is 18.1. The van der Waals surface area contributed by atoms with Gasteiger partial charge in [0.1, 0.15) is 0 Å². The summed E-state index contributed by atoms with van der Waals surface area (Å²) in [5.74, 6) is -4.59. The van der Waals surface area contributed by atoms with Crippen molar-refractivity contribution in [1.29, 1.82) is 0 Å². The smallest absolute Gasteiger partial charge is 0.475 e. The van der Waals surface area contributed by atoms with Gasteiger partial charge in [-0.3, -0.25) is 10.00 Å². The van der Waals surface area contributed by atoms with Gasteiger partial charge in [0.25, 0.3) is 0 Å². The molecule has 0 saturated carbocycles. The second kappa shape index (κ2) is 12.8. The van der Waals surface area contributed by atoms with E-state index in [-0.39, 0.29) is 0 Å². The number of hydrogen-bond donors (Lipinski definition) is 3. The largest absolute Gasteiger partial charge is 0.490 e. The van der Waals surface area contributed by atoms with Crippen LogP contribution in [-0.2, 0) is 22.6 Å². The fourth-order valence-electron chi connectivity index (χ4n) is 2.30. The Morgan fingerprint density at radius 3 is 1.88 bits per heavy atom. The van der Waals surface area contributed by atoms with Gasteiger partial charge >= 0.3 is 24.3 Å². The molecule has 0 saturated heterocycles. The lowest BCUT2D eigenvalue weighted by atomic mass is 10.1. The summed E-state index contributed by atoms with van der Waals surface area (Å²) in [5.41, 5.74) is 4.59. The average molecular weight is 490 g/mol. The van der Waals surface area contributed by atoms with Gasteiger partial charge < -0.3 is 14.7 Å². The van der Waals surface area contributed by atoms with Crippen LogP contribution in [0.15, 0.2) is 10.6 Å². The summed E-state index contributed by atoms with van der Waals surface area (Å²) in [6, 6.07) is 1.99. The van der Waals surface area contributed by atoms with Crippen molar-refractivity contribution < 1.29 is 50.7 Å². The standard InChI is InChI=1S/C14H22N4O.2C2HF3O2/c1-10-8-13(19-17-10)9-18(4)7-5-6-14-11(2)15-16-12(14)3;2*3-2(4,5)1(6)7/h8H,5-7,9H2,1-4H3,(H,15,16);2*(H,6,7). The first-order valence-electron chi connectivity index (χ1n) is 9.16. The predicted molar refractivity (Wildman–Crippen MR) is 101 cm³/mol. The highest BCUT2D eigenvalue weighted by molar-refractivity contribution is 5.73. The second-order valence-electron chi connectivity index (χ2n) is 6.79. The Balaban J connectivity index is 0.000000605. The number of hydrogen-bond acceptors (Lipinski definition) is 6. The molecule has 2 aromatic heterocycles. The van der Waals surface area contributed by atoms with Crippen LogP contribution in [0.25, 0.3) is 0 Å². The van der Waals surface area contributed by atoms with Gasteiger partial charge in [0.2, 0.25) is 0 Å². The van der Waals surface area contributed by atoms with Crippen LogP contribution in [0.1, 0.15) is 34.8 Å². The third-order valence-corrected chi connectivity index (χ3v) is 3.83. The molecule has 0 aliphatic heterocycles. The first-order chi connectivity index (χ1) is 14.9. The van der Waals surface area contributed by atoms with Crippen LogP contribution in [0.5, 0.6) is 0 Å². The molecule has 0 aliphatic carbocycles. The zero-order valence-corrected chi connectivity index (χ0v) is 18.1. The zero-order chi connectivity index (χ0) is 26.0. The number of aliphatic carboxylic acids is 2. The SMILES string of the molecule is Cc1cc(CN(C)CCCc2c(C)n[nH]c2C)on1.O=C(O)C(F)(F)F.O=C(O)C(F)(F)F. The normalized spacial score (nSPS) is 11.4. The van der Waals surface area contributed by atoms with Gasteiger partial charge in [-0.15, -0.1) is 0 Å². The molecule has 0 radical (unpaired) electrons. The lowest BCUT2D eigenvalue weighted by Gasteiger charge is -2.14. The van der Waals surface area contributed by atoms with E-state index in [9.17, 15) is 26.3 Å². The number of nitrogens with zero attached hydrogens (tertiary/aromatic N) is 3. The van der Waals surface area contributed by atoms with Crippen LogP contribution < -0.4 is 0 Å². The minimum atomic E-state index is -5.08. The van der Waals surface area contributed by atoms with E-state index in [1.807, 2.05) is 13.0 Å². The van der Waals surface area contributed by atoms with E-state index >= 15 is 0 Å². The fourth-order valence-corrected chi connectivity index (χ4v) is 2.30. The number of nitrogens with one attached hydrogen (secondary N) is 1. The van der Waals surface area contributed by atoms with Crippen molar-refractivity contribution in [2.45, 2.75) is 52.5 Å². The molecule has 15 heteroatoms. The molecule has 9 nitrogen and oxygen atoms in total. The molecule has 2 aromatic rings. The molecule has 0 bridgehead atoms. The number of carboxylic acids is 2. The number of rotatable bonds is 6. The van der Waals surface area contributed by atoms with Crippen LogP contribution in [0.4, 0.5) is 26.3 Å². The van der Waals surface area contributed by atoms with Gasteiger partial charge in [0, 0.05) is 11.8 Å². The lowest BCUT2D eigenvalue weighted by molar-refractivity contribution is -0.193.